The maximum absolute atomic E-state index is 13.1. The number of ether oxygens (including phenoxy) is 1. The number of alkyl halides is 3. The number of nitrogens with one attached hydrogen (secondary N) is 1. The molecule has 1 aliphatic rings. The first kappa shape index (κ1) is 27.5. The van der Waals surface area contributed by atoms with Gasteiger partial charge in [0.2, 0.25) is 5.91 Å². The van der Waals surface area contributed by atoms with Crippen LogP contribution in [-0.2, 0) is 11.8 Å². The van der Waals surface area contributed by atoms with Crippen molar-refractivity contribution >= 4 is 28.5 Å². The third kappa shape index (κ3) is 5.08. The molecule has 2 aromatic heterocycles. The van der Waals surface area contributed by atoms with Gasteiger partial charge < -0.3 is 19.5 Å². The molecule has 1 N–H and O–H groups in total. The van der Waals surface area contributed by atoms with Gasteiger partial charge >= 0.3 is 6.18 Å². The molecule has 1 fully saturated rings. The molecule has 1 saturated heterocycles. The number of benzene rings is 1. The summed E-state index contributed by atoms with van der Waals surface area (Å²) in [6.45, 7) is 6.76. The highest BCUT2D eigenvalue weighted by molar-refractivity contribution is 6.06. The van der Waals surface area contributed by atoms with Crippen LogP contribution in [0.15, 0.2) is 30.6 Å². The van der Waals surface area contributed by atoms with E-state index < -0.39 is 18.0 Å². The Morgan fingerprint density at radius 1 is 1.24 bits per heavy atom. The number of halogens is 3. The fourth-order valence-corrected chi connectivity index (χ4v) is 5.36. The predicted molar refractivity (Wildman–Crippen MR) is 140 cm³/mol. The molecule has 3 heterocycles. The van der Waals surface area contributed by atoms with Crippen LogP contribution in [0.25, 0.3) is 11.0 Å². The van der Waals surface area contributed by atoms with Crippen molar-refractivity contribution in [2.24, 2.45) is 13.0 Å². The fourth-order valence-electron chi connectivity index (χ4n) is 5.36. The third-order valence-corrected chi connectivity index (χ3v) is 7.64. The van der Waals surface area contributed by atoms with Gasteiger partial charge in [-0.25, -0.2) is 4.98 Å². The SMILES string of the molecule is COc1ccc(C(=O)Nc2cnc3c(c([C@@H]4CCN(C(=O)[C@@H](C)C(F)(F)F)[C@@H](C)C4)cn3C)c2C)cc1C. The standard InChI is InChI=1S/C28H33F3N4O3/c1-15-11-20(7-8-23(15)38-6)26(36)33-22-13-32-25-24(17(22)3)21(14-34(25)5)19-9-10-35(16(2)12-19)27(37)18(4)28(29,30)31/h7-8,11,13-14,16,18-19H,9-10,12H2,1-6H3,(H,33,36)/t16-,18+,19+/m0/s1. The highest BCUT2D eigenvalue weighted by Gasteiger charge is 2.45. The van der Waals surface area contributed by atoms with Crippen LogP contribution in [0.2, 0.25) is 0 Å². The maximum Gasteiger partial charge on any atom is 0.400 e. The van der Waals surface area contributed by atoms with Gasteiger partial charge in [0.15, 0.2) is 0 Å². The lowest BCUT2D eigenvalue weighted by atomic mass is 9.84. The number of methoxy groups -OCH3 is 1. The minimum Gasteiger partial charge on any atom is -0.496 e. The van der Waals surface area contributed by atoms with Gasteiger partial charge in [-0.05, 0) is 81.3 Å². The molecule has 0 spiro atoms. The monoisotopic (exact) mass is 530 g/mol. The number of nitrogens with zero attached hydrogens (tertiary/aromatic N) is 3. The molecule has 2 amide bonds. The average molecular weight is 531 g/mol. The average Bonchev–Trinajstić information content (AvgIpc) is 3.21. The minimum absolute atomic E-state index is 0.0367. The predicted octanol–water partition coefficient (Wildman–Crippen LogP) is 5.74. The van der Waals surface area contributed by atoms with Gasteiger partial charge in [0, 0.05) is 36.8 Å². The van der Waals surface area contributed by atoms with Crippen LogP contribution < -0.4 is 10.1 Å². The van der Waals surface area contributed by atoms with Crippen LogP contribution in [0.4, 0.5) is 18.9 Å². The molecular weight excluding hydrogens is 497 g/mol. The number of rotatable bonds is 5. The molecule has 0 aliphatic carbocycles. The molecule has 3 aromatic rings. The molecule has 7 nitrogen and oxygen atoms in total. The van der Waals surface area contributed by atoms with E-state index in [4.69, 9.17) is 4.74 Å². The lowest BCUT2D eigenvalue weighted by Crippen LogP contribution is -2.49. The number of piperidine rings is 1. The van der Waals surface area contributed by atoms with Crippen molar-refractivity contribution in [1.29, 1.82) is 0 Å². The molecule has 38 heavy (non-hydrogen) atoms. The van der Waals surface area contributed by atoms with E-state index in [0.717, 1.165) is 34.6 Å². The Hall–Kier alpha value is -3.56. The van der Waals surface area contributed by atoms with E-state index >= 15 is 0 Å². The Balaban J connectivity index is 1.59. The number of anilines is 1. The molecule has 0 saturated carbocycles. The minimum atomic E-state index is -4.56. The summed E-state index contributed by atoms with van der Waals surface area (Å²) in [6, 6.07) is 4.88. The quantitative estimate of drug-likeness (QED) is 0.456. The molecule has 4 rings (SSSR count). The van der Waals surface area contributed by atoms with Crippen LogP contribution in [-0.4, -0.2) is 52.1 Å². The van der Waals surface area contributed by atoms with E-state index in [1.165, 1.54) is 4.90 Å². The number of pyridine rings is 1. The van der Waals surface area contributed by atoms with Crippen molar-refractivity contribution in [3.63, 3.8) is 0 Å². The van der Waals surface area contributed by atoms with Crippen molar-refractivity contribution in [2.45, 2.75) is 58.7 Å². The number of carbonyl (C=O) groups excluding carboxylic acids is 2. The number of hydrogen-bond acceptors (Lipinski definition) is 4. The summed E-state index contributed by atoms with van der Waals surface area (Å²) in [7, 11) is 3.47. The summed E-state index contributed by atoms with van der Waals surface area (Å²) in [5.41, 5.74) is 4.57. The Morgan fingerprint density at radius 3 is 2.55 bits per heavy atom. The van der Waals surface area contributed by atoms with Crippen LogP contribution in [0.3, 0.4) is 0 Å². The first-order chi connectivity index (χ1) is 17.8. The molecule has 10 heteroatoms. The molecule has 1 aromatic carbocycles. The fraction of sp³-hybridized carbons (Fsp3) is 0.464. The highest BCUT2D eigenvalue weighted by Crippen LogP contribution is 2.40. The van der Waals surface area contributed by atoms with Gasteiger partial charge in [0.05, 0.1) is 19.0 Å². The lowest BCUT2D eigenvalue weighted by Gasteiger charge is -2.39. The van der Waals surface area contributed by atoms with Gasteiger partial charge in [-0.2, -0.15) is 13.2 Å². The largest absolute Gasteiger partial charge is 0.496 e. The summed E-state index contributed by atoms with van der Waals surface area (Å²) >= 11 is 0. The molecule has 0 radical (unpaired) electrons. The van der Waals surface area contributed by atoms with Crippen LogP contribution in [0.5, 0.6) is 5.75 Å². The Bertz CT molecular complexity index is 1380. The van der Waals surface area contributed by atoms with Gasteiger partial charge in [-0.3, -0.25) is 9.59 Å². The number of hydrogen-bond donors (Lipinski definition) is 1. The van der Waals surface area contributed by atoms with Gasteiger partial charge in [0.25, 0.3) is 5.91 Å². The molecule has 1 aliphatic heterocycles. The topological polar surface area (TPSA) is 76.5 Å². The van der Waals surface area contributed by atoms with Crippen molar-refractivity contribution in [3.8, 4) is 5.75 Å². The van der Waals surface area contributed by atoms with Crippen molar-refractivity contribution in [3.05, 3.63) is 52.8 Å². The van der Waals surface area contributed by atoms with Crippen molar-refractivity contribution in [2.75, 3.05) is 19.0 Å². The smallest absolute Gasteiger partial charge is 0.400 e. The zero-order valence-electron chi connectivity index (χ0n) is 22.4. The number of amides is 2. The molecular formula is C28H33F3N4O3. The number of aryl methyl sites for hydroxylation is 3. The number of likely N-dealkylation sites (tertiary alicyclic amines) is 1. The maximum atomic E-state index is 13.1. The van der Waals surface area contributed by atoms with Crippen LogP contribution in [0.1, 0.15) is 59.7 Å². The molecule has 0 unspecified atom stereocenters. The summed E-state index contributed by atoms with van der Waals surface area (Å²) in [5, 5.41) is 3.88. The molecule has 0 bridgehead atoms. The Labute approximate surface area is 220 Å². The zero-order chi connectivity index (χ0) is 27.9. The van der Waals surface area contributed by atoms with Gasteiger partial charge in [-0.1, -0.05) is 0 Å². The first-order valence-corrected chi connectivity index (χ1v) is 12.6. The summed E-state index contributed by atoms with van der Waals surface area (Å²) in [5.74, 6) is -2.43. The van der Waals surface area contributed by atoms with Crippen molar-refractivity contribution in [1.82, 2.24) is 14.5 Å². The number of fused-ring (bicyclic) bond motifs is 1. The molecule has 204 valence electrons. The Morgan fingerprint density at radius 2 is 1.95 bits per heavy atom. The first-order valence-electron chi connectivity index (χ1n) is 12.6. The van der Waals surface area contributed by atoms with E-state index in [-0.39, 0.29) is 24.4 Å². The van der Waals surface area contributed by atoms with E-state index in [9.17, 15) is 22.8 Å². The van der Waals surface area contributed by atoms with Crippen LogP contribution in [0, 0.1) is 19.8 Å². The molecule has 3 atom stereocenters. The third-order valence-electron chi connectivity index (χ3n) is 7.64. The zero-order valence-corrected chi connectivity index (χ0v) is 22.4. The van der Waals surface area contributed by atoms with Gasteiger partial charge in [-0.15, -0.1) is 0 Å². The normalized spacial score (nSPS) is 18.9. The second-order valence-corrected chi connectivity index (χ2v) is 10.2. The highest BCUT2D eigenvalue weighted by atomic mass is 19.4. The van der Waals surface area contributed by atoms with E-state index in [2.05, 4.69) is 10.3 Å². The van der Waals surface area contributed by atoms with E-state index in [0.29, 0.717) is 29.8 Å². The summed E-state index contributed by atoms with van der Waals surface area (Å²) < 4.78 is 46.6. The number of carbonyl (C=O) groups is 2. The summed E-state index contributed by atoms with van der Waals surface area (Å²) in [6.07, 6.45) is 0.156. The van der Waals surface area contributed by atoms with E-state index in [1.807, 2.05) is 31.7 Å². The second-order valence-electron chi connectivity index (χ2n) is 10.2. The summed E-state index contributed by atoms with van der Waals surface area (Å²) in [4.78, 5) is 31.5. The van der Waals surface area contributed by atoms with Gasteiger partial charge in [0.1, 0.15) is 17.3 Å². The lowest BCUT2D eigenvalue weighted by molar-refractivity contribution is -0.187. The number of aromatic nitrogens is 2. The van der Waals surface area contributed by atoms with Crippen molar-refractivity contribution < 1.29 is 27.5 Å². The van der Waals surface area contributed by atoms with E-state index in [1.54, 1.807) is 38.4 Å². The Kier molecular flexibility index (Phi) is 7.45. The second kappa shape index (κ2) is 10.3. The van der Waals surface area contributed by atoms with Crippen LogP contribution >= 0.6 is 0 Å².